The summed E-state index contributed by atoms with van der Waals surface area (Å²) < 4.78 is 0. The molecule has 0 spiro atoms. The predicted octanol–water partition coefficient (Wildman–Crippen LogP) is 3.88. The molecule has 12 heavy (non-hydrogen) atoms. The minimum atomic E-state index is -1.32. The van der Waals surface area contributed by atoms with E-state index in [4.69, 9.17) is 0 Å². The van der Waals surface area contributed by atoms with Crippen LogP contribution in [-0.4, -0.2) is 14.8 Å². The summed E-state index contributed by atoms with van der Waals surface area (Å²) in [6.07, 6.45) is 2.47. The van der Waals surface area contributed by atoms with Crippen molar-refractivity contribution in [2.24, 2.45) is 0 Å². The van der Waals surface area contributed by atoms with Gasteiger partial charge in [0.15, 0.2) is 0 Å². The number of hydrogen-bond donors (Lipinski definition) is 0. The van der Waals surface area contributed by atoms with E-state index in [1.54, 1.807) is 0 Å². The molecule has 0 fully saturated rings. The molecule has 0 aliphatic rings. The van der Waals surface area contributed by atoms with Gasteiger partial charge in [0.2, 0.25) is 0 Å². The van der Waals surface area contributed by atoms with Crippen molar-refractivity contribution < 1.29 is 19.4 Å². The van der Waals surface area contributed by atoms with Crippen LogP contribution in [0.25, 0.3) is 4.98 Å². The van der Waals surface area contributed by atoms with Crippen LogP contribution in [0.1, 0.15) is 19.8 Å². The van der Waals surface area contributed by atoms with E-state index in [0.717, 1.165) is 6.54 Å². The van der Waals surface area contributed by atoms with Gasteiger partial charge in [-0.15, -0.1) is 13.1 Å². The molecule has 4 heteroatoms. The van der Waals surface area contributed by atoms with Crippen molar-refractivity contribution in [1.29, 1.82) is 0 Å². The molecule has 0 aromatic carbocycles. The van der Waals surface area contributed by atoms with E-state index in [1.807, 2.05) is 0 Å². The zero-order valence-corrected chi connectivity index (χ0v) is 12.0. The quantitative estimate of drug-likeness (QED) is 0.403. The maximum absolute atomic E-state index is 4.64. The first kappa shape index (κ1) is 18.9. The molecule has 0 amide bonds. The Hall–Kier alpha value is 1.18. The van der Waals surface area contributed by atoms with Gasteiger partial charge < -0.3 is 19.0 Å². The van der Waals surface area contributed by atoms with Crippen molar-refractivity contribution in [2.45, 2.75) is 32.9 Å². The third-order valence-electron chi connectivity index (χ3n) is 1.05. The molecule has 0 saturated heterocycles. The SMILES string of the molecule is [CH2-][Si](C)(C)[N-]CCCC.[CH3-].[Cl][Ti+3]. The second-order valence-electron chi connectivity index (χ2n) is 3.05. The van der Waals surface area contributed by atoms with Crippen LogP contribution in [0.3, 0.4) is 0 Å². The van der Waals surface area contributed by atoms with Gasteiger partial charge in [0, 0.05) is 0 Å². The minimum absolute atomic E-state index is 0. The van der Waals surface area contributed by atoms with Crippen LogP contribution in [0.2, 0.25) is 13.1 Å². The van der Waals surface area contributed by atoms with Gasteiger partial charge in [0.25, 0.3) is 0 Å². The first-order valence-corrected chi connectivity index (χ1v) is 9.09. The molecular formula is C8H20ClNSiTi. The normalized spacial score (nSPS) is 9.58. The Balaban J connectivity index is -0.000000249. The average Bonchev–Trinajstić information content (AvgIpc) is 1.90. The summed E-state index contributed by atoms with van der Waals surface area (Å²) in [6.45, 7) is 11.6. The topological polar surface area (TPSA) is 14.1 Å². The summed E-state index contributed by atoms with van der Waals surface area (Å²) in [4.78, 5) is 4.47. The zero-order valence-electron chi connectivity index (χ0n) is 8.65. The predicted molar refractivity (Wildman–Crippen MR) is 58.2 cm³/mol. The Labute approximate surface area is 95.0 Å². The van der Waals surface area contributed by atoms with Gasteiger partial charge >= 0.3 is 28.7 Å². The van der Waals surface area contributed by atoms with Crippen LogP contribution in [-0.2, 0) is 19.4 Å². The number of nitrogens with zero attached hydrogens (tertiary/aromatic N) is 1. The molecule has 0 aromatic rings. The van der Waals surface area contributed by atoms with E-state index in [0.29, 0.717) is 0 Å². The Kier molecular flexibility index (Phi) is 19.2. The standard InChI is InChI=1S/C7H17NSi.CH3.ClH.Ti/c1-5-6-7-8-9(2,3)4;;;/h2,5-7H2,1,3-4H3;1H3;1H;/q-2;-1;;+4/p-1. The fourth-order valence-corrected chi connectivity index (χ4v) is 1.30. The van der Waals surface area contributed by atoms with Gasteiger partial charge in [-0.25, -0.2) is 8.24 Å². The van der Waals surface area contributed by atoms with E-state index >= 15 is 0 Å². The van der Waals surface area contributed by atoms with Gasteiger partial charge in [0.1, 0.15) is 0 Å². The fourth-order valence-electron chi connectivity index (χ4n) is 0.540. The summed E-state index contributed by atoms with van der Waals surface area (Å²) in [5, 5.41) is 0. The van der Waals surface area contributed by atoms with Crippen molar-refractivity contribution in [2.75, 3.05) is 6.54 Å². The van der Waals surface area contributed by atoms with Crippen molar-refractivity contribution in [3.8, 4) is 0 Å². The second kappa shape index (κ2) is 12.2. The summed E-state index contributed by atoms with van der Waals surface area (Å²) in [5.74, 6) is 0. The van der Waals surface area contributed by atoms with E-state index in [9.17, 15) is 0 Å². The molecule has 0 aromatic heterocycles. The average molecular weight is 242 g/mol. The van der Waals surface area contributed by atoms with E-state index in [1.165, 1.54) is 32.2 Å². The molecule has 0 saturated carbocycles. The van der Waals surface area contributed by atoms with Gasteiger partial charge in [-0.2, -0.15) is 6.54 Å². The molecular weight excluding hydrogens is 222 g/mol. The van der Waals surface area contributed by atoms with Gasteiger partial charge in [0.05, 0.1) is 0 Å². The molecule has 0 aliphatic carbocycles. The summed E-state index contributed by atoms with van der Waals surface area (Å²) >= 11 is 1.47. The summed E-state index contributed by atoms with van der Waals surface area (Å²) in [6, 6.07) is 0. The van der Waals surface area contributed by atoms with Crippen LogP contribution in [0.5, 0.6) is 0 Å². The number of rotatable bonds is 4. The Morgan fingerprint density at radius 3 is 2.08 bits per heavy atom. The van der Waals surface area contributed by atoms with E-state index in [-0.39, 0.29) is 7.43 Å². The van der Waals surface area contributed by atoms with Gasteiger partial charge in [-0.05, 0) is 0 Å². The molecule has 72 valence electrons. The molecule has 0 bridgehead atoms. The zero-order chi connectivity index (χ0) is 9.33. The van der Waals surface area contributed by atoms with Gasteiger partial charge in [-0.3, -0.25) is 0 Å². The van der Waals surface area contributed by atoms with Crippen molar-refractivity contribution in [3.05, 3.63) is 19.0 Å². The van der Waals surface area contributed by atoms with Crippen molar-refractivity contribution in [3.63, 3.8) is 0 Å². The molecule has 0 N–H and O–H groups in total. The molecule has 1 nitrogen and oxygen atoms in total. The van der Waals surface area contributed by atoms with Crippen LogP contribution < -0.4 is 0 Å². The molecule has 0 radical (unpaired) electrons. The first-order valence-electron chi connectivity index (χ1n) is 3.79. The van der Waals surface area contributed by atoms with Crippen LogP contribution in [0.4, 0.5) is 0 Å². The van der Waals surface area contributed by atoms with E-state index < -0.39 is 8.24 Å². The van der Waals surface area contributed by atoms with Gasteiger partial charge in [-0.1, -0.05) is 19.8 Å². The molecule has 0 atom stereocenters. The fraction of sp³-hybridized carbons (Fsp3) is 0.750. The molecule has 0 rings (SSSR count). The Morgan fingerprint density at radius 1 is 1.42 bits per heavy atom. The monoisotopic (exact) mass is 241 g/mol. The number of halogens is 1. The second-order valence-corrected chi connectivity index (χ2v) is 6.99. The maximum atomic E-state index is 4.64. The van der Waals surface area contributed by atoms with Crippen LogP contribution in [0.15, 0.2) is 0 Å². The van der Waals surface area contributed by atoms with Crippen molar-refractivity contribution in [1.82, 2.24) is 0 Å². The molecule has 0 unspecified atom stereocenters. The molecule has 0 heterocycles. The third kappa shape index (κ3) is 22.5. The molecule has 0 aliphatic heterocycles. The summed E-state index contributed by atoms with van der Waals surface area (Å²) in [7, 11) is 3.32. The third-order valence-corrected chi connectivity index (χ3v) is 2.13. The Morgan fingerprint density at radius 2 is 1.83 bits per heavy atom. The first-order chi connectivity index (χ1) is 5.06. The van der Waals surface area contributed by atoms with Crippen LogP contribution in [0, 0.1) is 14.0 Å². The number of hydrogen-bond acceptors (Lipinski definition) is 0. The summed E-state index contributed by atoms with van der Waals surface area (Å²) in [5.41, 5.74) is 0. The van der Waals surface area contributed by atoms with Crippen LogP contribution >= 0.6 is 9.30 Å². The van der Waals surface area contributed by atoms with Crippen molar-refractivity contribution >= 4 is 17.5 Å². The Bertz CT molecular complexity index is 75.9. The van der Waals surface area contributed by atoms with E-state index in [2.05, 4.69) is 40.9 Å². The number of unbranched alkanes of at least 4 members (excludes halogenated alkanes) is 1.